The van der Waals surface area contributed by atoms with Crippen LogP contribution in [0.3, 0.4) is 0 Å². The number of benzene rings is 2. The number of aromatic nitrogens is 1. The standard InChI is InChI=1S/C24H29N3O5Si/c1-6-33(4,5)19-13-9-17(10-14-19)25-23(29)22(16-7-11-18(31-3)12-8-16)27(2)24(30)20-15-21(28)26-32-20/h7-15,22H,6H2,1-5H3,(H,25,29)(H,26,28). The summed E-state index contributed by atoms with van der Waals surface area (Å²) < 4.78 is 10.1. The van der Waals surface area contributed by atoms with Crippen molar-refractivity contribution in [3.05, 3.63) is 76.3 Å². The van der Waals surface area contributed by atoms with Crippen molar-refractivity contribution in [3.8, 4) is 5.75 Å². The highest BCUT2D eigenvalue weighted by molar-refractivity contribution is 6.89. The van der Waals surface area contributed by atoms with Crippen LogP contribution in [0.1, 0.15) is 29.1 Å². The number of H-pyrrole nitrogens is 1. The van der Waals surface area contributed by atoms with Gasteiger partial charge in [0.15, 0.2) is 0 Å². The lowest BCUT2D eigenvalue weighted by Crippen LogP contribution is -2.40. The lowest BCUT2D eigenvalue weighted by molar-refractivity contribution is -0.120. The van der Waals surface area contributed by atoms with Crippen LogP contribution in [-0.4, -0.2) is 44.1 Å². The molecule has 1 heterocycles. The van der Waals surface area contributed by atoms with Crippen LogP contribution in [0.4, 0.5) is 5.69 Å². The van der Waals surface area contributed by atoms with Crippen molar-refractivity contribution >= 4 is 30.8 Å². The van der Waals surface area contributed by atoms with E-state index in [9.17, 15) is 14.4 Å². The Morgan fingerprint density at radius 1 is 1.12 bits per heavy atom. The number of nitrogens with zero attached hydrogens (tertiary/aromatic N) is 1. The molecule has 2 N–H and O–H groups in total. The van der Waals surface area contributed by atoms with E-state index in [4.69, 9.17) is 9.26 Å². The number of aromatic amines is 1. The second-order valence-corrected chi connectivity index (χ2v) is 13.5. The Morgan fingerprint density at radius 3 is 2.27 bits per heavy atom. The summed E-state index contributed by atoms with van der Waals surface area (Å²) in [5.74, 6) is -0.546. The Morgan fingerprint density at radius 2 is 1.76 bits per heavy atom. The summed E-state index contributed by atoms with van der Waals surface area (Å²) in [7, 11) is 1.55. The van der Waals surface area contributed by atoms with Crippen LogP contribution >= 0.6 is 0 Å². The molecule has 2 aromatic carbocycles. The van der Waals surface area contributed by atoms with Gasteiger partial charge in [0.1, 0.15) is 11.8 Å². The molecular weight excluding hydrogens is 438 g/mol. The fourth-order valence-electron chi connectivity index (χ4n) is 3.44. The van der Waals surface area contributed by atoms with E-state index >= 15 is 0 Å². The lowest BCUT2D eigenvalue weighted by Gasteiger charge is -2.27. The Hall–Kier alpha value is -3.59. The average molecular weight is 468 g/mol. The maximum Gasteiger partial charge on any atom is 0.293 e. The second kappa shape index (κ2) is 9.91. The van der Waals surface area contributed by atoms with Gasteiger partial charge in [-0.1, -0.05) is 55.5 Å². The first-order valence-electron chi connectivity index (χ1n) is 10.7. The number of anilines is 1. The van der Waals surface area contributed by atoms with E-state index in [0.29, 0.717) is 17.0 Å². The molecule has 0 spiro atoms. The molecule has 0 saturated carbocycles. The number of methoxy groups -OCH3 is 1. The smallest absolute Gasteiger partial charge is 0.293 e. The van der Waals surface area contributed by atoms with Gasteiger partial charge in [0.2, 0.25) is 5.76 Å². The largest absolute Gasteiger partial charge is 0.497 e. The lowest BCUT2D eigenvalue weighted by atomic mass is 10.0. The molecule has 0 radical (unpaired) electrons. The predicted molar refractivity (Wildman–Crippen MR) is 130 cm³/mol. The van der Waals surface area contributed by atoms with Crippen molar-refractivity contribution in [1.29, 1.82) is 0 Å². The predicted octanol–water partition coefficient (Wildman–Crippen LogP) is 3.36. The fourth-order valence-corrected chi connectivity index (χ4v) is 4.91. The third kappa shape index (κ3) is 5.43. The molecule has 9 heteroatoms. The zero-order valence-electron chi connectivity index (χ0n) is 19.5. The minimum Gasteiger partial charge on any atom is -0.497 e. The number of likely N-dealkylation sites (N-methyl/N-ethyl adjacent to an activating group) is 1. The van der Waals surface area contributed by atoms with Crippen molar-refractivity contribution in [3.63, 3.8) is 0 Å². The molecule has 174 valence electrons. The van der Waals surface area contributed by atoms with Gasteiger partial charge in [0, 0.05) is 12.7 Å². The van der Waals surface area contributed by atoms with Gasteiger partial charge in [0.05, 0.1) is 21.3 Å². The molecule has 0 aliphatic heterocycles. The zero-order chi connectivity index (χ0) is 24.2. The minimum atomic E-state index is -1.48. The summed E-state index contributed by atoms with van der Waals surface area (Å²) in [6.07, 6.45) is 0. The highest BCUT2D eigenvalue weighted by Crippen LogP contribution is 2.25. The number of ether oxygens (including phenoxy) is 1. The van der Waals surface area contributed by atoms with Crippen LogP contribution in [0, 0.1) is 0 Å². The third-order valence-electron chi connectivity index (χ3n) is 5.94. The van der Waals surface area contributed by atoms with E-state index in [-0.39, 0.29) is 5.76 Å². The van der Waals surface area contributed by atoms with Gasteiger partial charge < -0.3 is 19.5 Å². The molecule has 2 amide bonds. The molecule has 3 aromatic rings. The molecule has 8 nitrogen and oxygen atoms in total. The molecule has 0 bridgehead atoms. The topological polar surface area (TPSA) is 105 Å². The van der Waals surface area contributed by atoms with E-state index < -0.39 is 31.5 Å². The highest BCUT2D eigenvalue weighted by Gasteiger charge is 2.31. The molecule has 0 aliphatic rings. The summed E-state index contributed by atoms with van der Waals surface area (Å²) in [6, 6.07) is 16.0. The highest BCUT2D eigenvalue weighted by atomic mass is 28.3. The van der Waals surface area contributed by atoms with E-state index in [1.807, 2.05) is 12.1 Å². The summed E-state index contributed by atoms with van der Waals surface area (Å²) >= 11 is 0. The first kappa shape index (κ1) is 24.1. The Balaban J connectivity index is 1.90. The van der Waals surface area contributed by atoms with Crippen molar-refractivity contribution in [2.45, 2.75) is 32.1 Å². The average Bonchev–Trinajstić information content (AvgIpc) is 3.25. The summed E-state index contributed by atoms with van der Waals surface area (Å²) in [5, 5.41) is 6.32. The van der Waals surface area contributed by atoms with Crippen LogP contribution in [-0.2, 0) is 4.79 Å². The first-order chi connectivity index (χ1) is 15.7. The maximum absolute atomic E-state index is 13.4. The van der Waals surface area contributed by atoms with E-state index in [2.05, 4.69) is 42.6 Å². The molecule has 0 aliphatic carbocycles. The number of amides is 2. The molecule has 0 fully saturated rings. The van der Waals surface area contributed by atoms with Crippen LogP contribution in [0.2, 0.25) is 19.1 Å². The Labute approximate surface area is 193 Å². The summed E-state index contributed by atoms with van der Waals surface area (Å²) in [4.78, 5) is 38.9. The first-order valence-corrected chi connectivity index (χ1v) is 13.9. The second-order valence-electron chi connectivity index (χ2n) is 8.47. The molecule has 0 saturated heterocycles. The molecule has 1 atom stereocenters. The van der Waals surface area contributed by atoms with Crippen molar-refractivity contribution in [2.24, 2.45) is 0 Å². The van der Waals surface area contributed by atoms with Gasteiger partial charge in [0.25, 0.3) is 17.4 Å². The van der Waals surface area contributed by atoms with Crippen molar-refractivity contribution in [1.82, 2.24) is 10.1 Å². The minimum absolute atomic E-state index is 0.176. The van der Waals surface area contributed by atoms with Gasteiger partial charge in [-0.2, -0.15) is 5.16 Å². The van der Waals surface area contributed by atoms with Gasteiger partial charge in [-0.15, -0.1) is 0 Å². The molecule has 1 unspecified atom stereocenters. The SMILES string of the molecule is CC[Si](C)(C)c1ccc(NC(=O)C(c2ccc(OC)cc2)N(C)C(=O)c2cc(=O)[nH]o2)cc1. The number of nitrogens with one attached hydrogen (secondary N) is 2. The van der Waals surface area contributed by atoms with Gasteiger partial charge in [-0.3, -0.25) is 14.4 Å². The van der Waals surface area contributed by atoms with Crippen LogP contribution < -0.4 is 20.8 Å². The third-order valence-corrected chi connectivity index (χ3v) is 9.60. The van der Waals surface area contributed by atoms with Crippen molar-refractivity contribution < 1.29 is 18.8 Å². The Kier molecular flexibility index (Phi) is 7.22. The normalized spacial score (nSPS) is 12.2. The zero-order valence-corrected chi connectivity index (χ0v) is 20.5. The number of hydrogen-bond acceptors (Lipinski definition) is 5. The molecular formula is C24H29N3O5Si. The number of carbonyl (C=O) groups excluding carboxylic acids is 2. The van der Waals surface area contributed by atoms with Gasteiger partial charge in [-0.25, -0.2) is 0 Å². The van der Waals surface area contributed by atoms with E-state index in [1.54, 1.807) is 31.4 Å². The van der Waals surface area contributed by atoms with Gasteiger partial charge in [-0.05, 0) is 29.8 Å². The Bertz CT molecular complexity index is 1170. The number of carbonyl (C=O) groups is 2. The van der Waals surface area contributed by atoms with Gasteiger partial charge >= 0.3 is 0 Å². The van der Waals surface area contributed by atoms with Crippen molar-refractivity contribution in [2.75, 3.05) is 19.5 Å². The van der Waals surface area contributed by atoms with E-state index in [0.717, 1.165) is 12.1 Å². The van der Waals surface area contributed by atoms with Crippen LogP contribution in [0.5, 0.6) is 5.75 Å². The number of hydrogen-bond donors (Lipinski definition) is 2. The quantitative estimate of drug-likeness (QED) is 0.494. The van der Waals surface area contributed by atoms with E-state index in [1.165, 1.54) is 17.1 Å². The fraction of sp³-hybridized carbons (Fsp3) is 0.292. The summed E-state index contributed by atoms with van der Waals surface area (Å²) in [6.45, 7) is 6.81. The monoisotopic (exact) mass is 467 g/mol. The molecule has 33 heavy (non-hydrogen) atoms. The van der Waals surface area contributed by atoms with Crippen LogP contribution in [0.25, 0.3) is 0 Å². The molecule has 1 aromatic heterocycles. The summed E-state index contributed by atoms with van der Waals surface area (Å²) in [5.41, 5.74) is 0.686. The van der Waals surface area contributed by atoms with Crippen LogP contribution in [0.15, 0.2) is 63.9 Å². The molecule has 3 rings (SSSR count). The number of rotatable bonds is 8. The maximum atomic E-state index is 13.4.